The van der Waals surface area contributed by atoms with Gasteiger partial charge in [-0.25, -0.2) is 10.4 Å². The lowest BCUT2D eigenvalue weighted by Gasteiger charge is -2.07. The molecule has 1 aromatic heterocycles. The minimum atomic E-state index is -0.259. The molecule has 30 heavy (non-hydrogen) atoms. The van der Waals surface area contributed by atoms with Crippen LogP contribution in [0.5, 0.6) is 5.75 Å². The van der Waals surface area contributed by atoms with E-state index in [4.69, 9.17) is 4.74 Å². The lowest BCUT2D eigenvalue weighted by atomic mass is 10.0. The van der Waals surface area contributed by atoms with Crippen LogP contribution in [0.3, 0.4) is 0 Å². The van der Waals surface area contributed by atoms with Gasteiger partial charge in [0.2, 0.25) is 0 Å². The molecule has 0 saturated carbocycles. The fourth-order valence-electron chi connectivity index (χ4n) is 3.63. The predicted molar refractivity (Wildman–Crippen MR) is 120 cm³/mol. The topological polar surface area (TPSA) is 68.5 Å². The van der Waals surface area contributed by atoms with Crippen LogP contribution in [0.15, 0.2) is 59.7 Å². The average molecular weight is 400 g/mol. The molecule has 3 aromatic carbocycles. The van der Waals surface area contributed by atoms with E-state index in [0.29, 0.717) is 5.56 Å². The first-order valence-electron chi connectivity index (χ1n) is 9.90. The number of imidazole rings is 1. The van der Waals surface area contributed by atoms with Crippen LogP contribution < -0.4 is 10.2 Å². The van der Waals surface area contributed by atoms with Crippen LogP contribution in [-0.4, -0.2) is 28.3 Å². The number of hydrogen-bond acceptors (Lipinski definition) is 4. The summed E-state index contributed by atoms with van der Waals surface area (Å²) in [6.45, 7) is 6.77. The number of methoxy groups -OCH3 is 1. The molecule has 0 aliphatic heterocycles. The highest BCUT2D eigenvalue weighted by Crippen LogP contribution is 2.22. The van der Waals surface area contributed by atoms with Crippen molar-refractivity contribution in [3.05, 3.63) is 71.5 Å². The number of nitrogens with zero attached hydrogens (tertiary/aromatic N) is 3. The van der Waals surface area contributed by atoms with Gasteiger partial charge in [-0.3, -0.25) is 4.79 Å². The summed E-state index contributed by atoms with van der Waals surface area (Å²) < 4.78 is 7.39. The molecule has 0 aliphatic carbocycles. The van der Waals surface area contributed by atoms with Crippen molar-refractivity contribution in [2.24, 2.45) is 5.10 Å². The Kier molecular flexibility index (Phi) is 5.23. The number of aromatic nitrogens is 2. The number of hydrogen-bond donors (Lipinski definition) is 1. The maximum Gasteiger partial charge on any atom is 0.271 e. The van der Waals surface area contributed by atoms with Crippen LogP contribution in [0.1, 0.15) is 35.6 Å². The molecule has 0 aliphatic rings. The summed E-state index contributed by atoms with van der Waals surface area (Å²) in [7, 11) is 1.66. The van der Waals surface area contributed by atoms with Crippen molar-refractivity contribution in [1.82, 2.24) is 15.0 Å². The second-order valence-electron chi connectivity index (χ2n) is 7.17. The first-order chi connectivity index (χ1) is 14.5. The van der Waals surface area contributed by atoms with Crippen LogP contribution in [-0.2, 0) is 6.54 Å². The van der Waals surface area contributed by atoms with E-state index in [1.165, 1.54) is 0 Å². The maximum absolute atomic E-state index is 12.6. The van der Waals surface area contributed by atoms with Crippen LogP contribution in [0.4, 0.5) is 0 Å². The van der Waals surface area contributed by atoms with E-state index in [-0.39, 0.29) is 5.91 Å². The van der Waals surface area contributed by atoms with Crippen molar-refractivity contribution >= 4 is 33.4 Å². The van der Waals surface area contributed by atoms with Crippen molar-refractivity contribution in [3.63, 3.8) is 0 Å². The normalized spacial score (nSPS) is 11.8. The molecule has 0 saturated heterocycles. The quantitative estimate of drug-likeness (QED) is 0.391. The lowest BCUT2D eigenvalue weighted by molar-refractivity contribution is 0.0955. The maximum atomic E-state index is 12.6. The molecule has 0 fully saturated rings. The summed E-state index contributed by atoms with van der Waals surface area (Å²) in [6.07, 6.45) is 0. The van der Waals surface area contributed by atoms with Gasteiger partial charge in [-0.05, 0) is 73.5 Å². The molecule has 4 rings (SSSR count). The van der Waals surface area contributed by atoms with E-state index in [0.717, 1.165) is 51.2 Å². The molecule has 0 atom stereocenters. The highest BCUT2D eigenvalue weighted by atomic mass is 16.5. The molecular formula is C24H24N4O2. The third kappa shape index (κ3) is 3.64. The van der Waals surface area contributed by atoms with Gasteiger partial charge in [0.1, 0.15) is 11.6 Å². The molecule has 1 amide bonds. The molecule has 0 spiro atoms. The number of carbonyl (C=O) groups is 1. The summed E-state index contributed by atoms with van der Waals surface area (Å²) >= 11 is 0. The molecule has 152 valence electrons. The van der Waals surface area contributed by atoms with Crippen LogP contribution in [0.2, 0.25) is 0 Å². The van der Waals surface area contributed by atoms with Gasteiger partial charge in [-0.2, -0.15) is 5.10 Å². The Balaban J connectivity index is 1.54. The Hall–Kier alpha value is -3.67. The molecule has 0 unspecified atom stereocenters. The summed E-state index contributed by atoms with van der Waals surface area (Å²) in [5.74, 6) is 1.50. The Labute approximate surface area is 175 Å². The van der Waals surface area contributed by atoms with E-state index >= 15 is 0 Å². The third-order valence-electron chi connectivity index (χ3n) is 5.31. The van der Waals surface area contributed by atoms with Gasteiger partial charge in [-0.15, -0.1) is 0 Å². The minimum Gasteiger partial charge on any atom is -0.497 e. The Morgan fingerprint density at radius 3 is 2.57 bits per heavy atom. The third-order valence-corrected chi connectivity index (χ3v) is 5.31. The highest BCUT2D eigenvalue weighted by Gasteiger charge is 2.11. The number of ether oxygens (including phenoxy) is 1. The highest BCUT2D eigenvalue weighted by molar-refractivity contribution is 6.03. The van der Waals surface area contributed by atoms with Crippen molar-refractivity contribution in [2.75, 3.05) is 7.11 Å². The van der Waals surface area contributed by atoms with Gasteiger partial charge in [0.15, 0.2) is 0 Å². The van der Waals surface area contributed by atoms with Crippen molar-refractivity contribution < 1.29 is 9.53 Å². The lowest BCUT2D eigenvalue weighted by Crippen LogP contribution is -2.19. The average Bonchev–Trinajstić information content (AvgIpc) is 3.10. The monoisotopic (exact) mass is 400 g/mol. The summed E-state index contributed by atoms with van der Waals surface area (Å²) in [5.41, 5.74) is 6.71. The molecule has 0 bridgehead atoms. The SMILES string of the molecule is CCn1c(C)nc2cc(C(=O)NN=C(C)c3ccc4cc(OC)ccc4c3)ccc21. The molecule has 6 nitrogen and oxygen atoms in total. The first-order valence-corrected chi connectivity index (χ1v) is 9.90. The van der Waals surface area contributed by atoms with Gasteiger partial charge in [-0.1, -0.05) is 18.2 Å². The Bertz CT molecular complexity index is 1290. The standard InChI is InChI=1S/C24H24N4O2/c1-5-28-16(3)25-22-14-20(9-11-23(22)28)24(29)27-26-15(2)17-6-7-19-13-21(30-4)10-8-18(19)12-17/h6-14H,5H2,1-4H3,(H,27,29). The van der Waals surface area contributed by atoms with Gasteiger partial charge >= 0.3 is 0 Å². The van der Waals surface area contributed by atoms with E-state index in [1.807, 2.05) is 56.3 Å². The Morgan fingerprint density at radius 1 is 1.07 bits per heavy atom. The zero-order chi connectivity index (χ0) is 21.3. The number of nitrogens with one attached hydrogen (secondary N) is 1. The number of benzene rings is 3. The molecule has 4 aromatic rings. The largest absolute Gasteiger partial charge is 0.497 e. The summed E-state index contributed by atoms with van der Waals surface area (Å²) in [4.78, 5) is 17.2. The molecular weight excluding hydrogens is 376 g/mol. The van der Waals surface area contributed by atoms with Gasteiger partial charge in [0.25, 0.3) is 5.91 Å². The molecule has 6 heteroatoms. The smallest absolute Gasteiger partial charge is 0.271 e. The zero-order valence-corrected chi connectivity index (χ0v) is 17.6. The predicted octanol–water partition coefficient (Wildman–Crippen LogP) is 4.68. The molecule has 0 radical (unpaired) electrons. The van der Waals surface area contributed by atoms with Crippen LogP contribution >= 0.6 is 0 Å². The summed E-state index contributed by atoms with van der Waals surface area (Å²) in [6, 6.07) is 17.5. The van der Waals surface area contributed by atoms with Crippen molar-refractivity contribution in [1.29, 1.82) is 0 Å². The van der Waals surface area contributed by atoms with Crippen LogP contribution in [0.25, 0.3) is 21.8 Å². The first kappa shape index (κ1) is 19.6. The molecule has 1 heterocycles. The van der Waals surface area contributed by atoms with E-state index in [9.17, 15) is 4.79 Å². The number of amides is 1. The number of carbonyl (C=O) groups excluding carboxylic acids is 1. The second-order valence-corrected chi connectivity index (χ2v) is 7.17. The van der Waals surface area contributed by atoms with Gasteiger partial charge in [0.05, 0.1) is 23.9 Å². The van der Waals surface area contributed by atoms with E-state index in [1.54, 1.807) is 19.2 Å². The summed E-state index contributed by atoms with van der Waals surface area (Å²) in [5, 5.41) is 6.47. The number of hydrazone groups is 1. The second kappa shape index (κ2) is 7.99. The number of rotatable bonds is 5. The van der Waals surface area contributed by atoms with E-state index in [2.05, 4.69) is 27.0 Å². The number of aryl methyl sites for hydroxylation is 2. The fraction of sp³-hybridized carbons (Fsp3) is 0.208. The van der Waals surface area contributed by atoms with Gasteiger partial charge in [0, 0.05) is 12.1 Å². The minimum absolute atomic E-state index is 0.259. The zero-order valence-electron chi connectivity index (χ0n) is 17.6. The fourth-order valence-corrected chi connectivity index (χ4v) is 3.63. The van der Waals surface area contributed by atoms with Crippen molar-refractivity contribution in [3.8, 4) is 5.75 Å². The molecule has 1 N–H and O–H groups in total. The van der Waals surface area contributed by atoms with Gasteiger partial charge < -0.3 is 9.30 Å². The van der Waals surface area contributed by atoms with Crippen molar-refractivity contribution in [2.45, 2.75) is 27.3 Å². The van der Waals surface area contributed by atoms with Crippen LogP contribution in [0, 0.1) is 6.92 Å². The van der Waals surface area contributed by atoms with E-state index < -0.39 is 0 Å². The Morgan fingerprint density at radius 2 is 1.80 bits per heavy atom. The number of fused-ring (bicyclic) bond motifs is 2.